The molecule has 2 fully saturated rings. The number of likely N-dealkylation sites (tertiary alicyclic amines) is 1. The highest BCUT2D eigenvalue weighted by Gasteiger charge is 2.28. The van der Waals surface area contributed by atoms with Crippen LogP contribution >= 0.6 is 23.2 Å². The minimum absolute atomic E-state index is 0.317. The molecule has 2 saturated heterocycles. The molecule has 0 radical (unpaired) electrons. The number of fused-ring (bicyclic) bond motifs is 1. The van der Waals surface area contributed by atoms with Gasteiger partial charge in [0.15, 0.2) is 5.58 Å². The van der Waals surface area contributed by atoms with E-state index in [4.69, 9.17) is 32.6 Å². The number of aliphatic carboxylic acids is 1. The fourth-order valence-electron chi connectivity index (χ4n) is 6.23. The summed E-state index contributed by atoms with van der Waals surface area (Å²) in [6.45, 7) is 5.92. The Hall–Kier alpha value is -3.10. The van der Waals surface area contributed by atoms with Crippen LogP contribution in [-0.4, -0.2) is 60.2 Å². The molecular weight excluding hydrogens is 559 g/mol. The second-order valence-corrected chi connectivity index (χ2v) is 12.0. The van der Waals surface area contributed by atoms with Crippen LogP contribution in [0.3, 0.4) is 0 Å². The van der Waals surface area contributed by atoms with E-state index >= 15 is 0 Å². The summed E-state index contributed by atoms with van der Waals surface area (Å²) in [7, 11) is 2.03. The van der Waals surface area contributed by atoms with Gasteiger partial charge in [-0.05, 0) is 80.7 Å². The number of piperidine rings is 1. The minimum Gasteiger partial charge on any atom is -0.481 e. The number of benzene rings is 3. The van der Waals surface area contributed by atoms with E-state index in [9.17, 15) is 9.90 Å². The van der Waals surface area contributed by atoms with E-state index in [2.05, 4.69) is 46.3 Å². The Labute approximate surface area is 250 Å². The van der Waals surface area contributed by atoms with Crippen molar-refractivity contribution in [2.24, 2.45) is 5.92 Å². The number of halogens is 2. The number of anilines is 1. The molecule has 3 aromatic carbocycles. The molecule has 0 spiro atoms. The van der Waals surface area contributed by atoms with E-state index < -0.39 is 5.97 Å². The molecule has 2 aliphatic heterocycles. The first-order valence-corrected chi connectivity index (χ1v) is 14.9. The molecule has 9 heteroatoms. The van der Waals surface area contributed by atoms with Gasteiger partial charge in [0.25, 0.3) is 0 Å². The molecule has 0 aliphatic carbocycles. The topological polar surface area (TPSA) is 81.8 Å². The summed E-state index contributed by atoms with van der Waals surface area (Å²) in [6, 6.07) is 16.8. The maximum Gasteiger partial charge on any atom is 0.307 e. The summed E-state index contributed by atoms with van der Waals surface area (Å²) in [5.74, 6) is -0.545. The molecule has 0 saturated carbocycles. The number of aromatic nitrogens is 1. The molecule has 6 rings (SSSR count). The molecule has 7 nitrogen and oxygen atoms in total. The Morgan fingerprint density at radius 1 is 1.05 bits per heavy atom. The summed E-state index contributed by atoms with van der Waals surface area (Å²) in [5.41, 5.74) is 7.22. The zero-order valence-electron chi connectivity index (χ0n) is 23.3. The van der Waals surface area contributed by atoms with Crippen LogP contribution in [0, 0.1) is 12.8 Å². The molecule has 0 amide bonds. The molecule has 0 bridgehead atoms. The number of rotatable bonds is 7. The first-order chi connectivity index (χ1) is 19.8. The fourth-order valence-corrected chi connectivity index (χ4v) is 6.85. The minimum atomic E-state index is -0.734. The van der Waals surface area contributed by atoms with Crippen LogP contribution < -0.4 is 10.2 Å². The van der Waals surface area contributed by atoms with E-state index in [1.165, 1.54) is 0 Å². The number of oxazole rings is 1. The number of nitrogens with zero attached hydrogens (tertiary/aromatic N) is 3. The van der Waals surface area contributed by atoms with Gasteiger partial charge < -0.3 is 19.7 Å². The third kappa shape index (κ3) is 5.56. The molecule has 1 atom stereocenters. The lowest BCUT2D eigenvalue weighted by molar-refractivity contribution is -0.141. The van der Waals surface area contributed by atoms with Gasteiger partial charge in [0.05, 0.1) is 21.7 Å². The van der Waals surface area contributed by atoms with Gasteiger partial charge in [-0.2, -0.15) is 0 Å². The van der Waals surface area contributed by atoms with Crippen molar-refractivity contribution in [3.8, 4) is 22.6 Å². The van der Waals surface area contributed by atoms with Crippen LogP contribution in [0.4, 0.5) is 5.69 Å². The molecule has 0 unspecified atom stereocenters. The average molecular weight is 594 g/mol. The van der Waals surface area contributed by atoms with Crippen LogP contribution in [0.1, 0.15) is 30.4 Å². The number of nitrogens with one attached hydrogen (secondary N) is 1. The molecule has 214 valence electrons. The summed E-state index contributed by atoms with van der Waals surface area (Å²) in [4.78, 5) is 20.7. The Bertz CT molecular complexity index is 1600. The van der Waals surface area contributed by atoms with E-state index in [0.29, 0.717) is 47.6 Å². The van der Waals surface area contributed by atoms with Crippen molar-refractivity contribution in [3.63, 3.8) is 0 Å². The number of hydrogen-bond donors (Lipinski definition) is 2. The van der Waals surface area contributed by atoms with Crippen molar-refractivity contribution in [2.75, 3.05) is 38.1 Å². The summed E-state index contributed by atoms with van der Waals surface area (Å²) >= 11 is 13.7. The fraction of sp³-hybridized carbons (Fsp3) is 0.375. The molecule has 41 heavy (non-hydrogen) atoms. The SMILES string of the molecule is CNC1CCN(c2cccc(-c3cccc(-c4nc5cc(CN6CC[C@@H](C(=O)O)C6)cc(Cl)c5o4)c3C)c2Cl)CC1. The number of hydrogen-bond acceptors (Lipinski definition) is 6. The standard InChI is InChI=1S/C32H34Cl2N4O3/c1-19-23(25-7-4-8-28(29(25)34)38-13-10-22(35-2)11-14-38)5-3-6-24(19)31-36-27-16-20(15-26(33)30(27)41-31)17-37-12-9-21(18-37)32(39)40/h3-8,15-16,21-22,35H,9-14,17-18H2,1-2H3,(H,39,40)/t21-/m1/s1. The second kappa shape index (κ2) is 11.6. The lowest BCUT2D eigenvalue weighted by atomic mass is 9.95. The van der Waals surface area contributed by atoms with E-state index in [1.54, 1.807) is 0 Å². The number of carboxylic acid groups (broad SMARTS) is 1. The third-order valence-electron chi connectivity index (χ3n) is 8.61. The normalized spacial score (nSPS) is 18.4. The highest BCUT2D eigenvalue weighted by molar-refractivity contribution is 6.36. The lowest BCUT2D eigenvalue weighted by Gasteiger charge is -2.34. The largest absolute Gasteiger partial charge is 0.481 e. The van der Waals surface area contributed by atoms with Crippen molar-refractivity contribution < 1.29 is 14.3 Å². The molecule has 3 heterocycles. The second-order valence-electron chi connectivity index (χ2n) is 11.2. The number of carboxylic acids is 1. The third-order valence-corrected chi connectivity index (χ3v) is 9.29. The van der Waals surface area contributed by atoms with Crippen LogP contribution in [-0.2, 0) is 11.3 Å². The molecule has 4 aromatic rings. The number of carbonyl (C=O) groups is 1. The maximum atomic E-state index is 11.4. The zero-order valence-corrected chi connectivity index (χ0v) is 24.8. The average Bonchev–Trinajstić information content (AvgIpc) is 3.62. The first-order valence-electron chi connectivity index (χ1n) is 14.2. The Kier molecular flexibility index (Phi) is 7.97. The predicted octanol–water partition coefficient (Wildman–Crippen LogP) is 6.87. The van der Waals surface area contributed by atoms with Crippen molar-refractivity contribution >= 4 is 46.0 Å². The Balaban J connectivity index is 1.29. The molecule has 2 N–H and O–H groups in total. The van der Waals surface area contributed by atoms with E-state index in [-0.39, 0.29) is 5.92 Å². The highest BCUT2D eigenvalue weighted by atomic mass is 35.5. The quantitative estimate of drug-likeness (QED) is 0.242. The summed E-state index contributed by atoms with van der Waals surface area (Å²) < 4.78 is 6.22. The van der Waals surface area contributed by atoms with E-state index in [1.807, 2.05) is 31.3 Å². The van der Waals surface area contributed by atoms with Gasteiger partial charge in [0.2, 0.25) is 5.89 Å². The first kappa shape index (κ1) is 28.0. The molecule has 2 aliphatic rings. The van der Waals surface area contributed by atoms with Gasteiger partial charge in [0.1, 0.15) is 5.52 Å². The van der Waals surface area contributed by atoms with Crippen LogP contribution in [0.2, 0.25) is 10.0 Å². The van der Waals surface area contributed by atoms with Crippen molar-refractivity contribution in [2.45, 2.75) is 38.8 Å². The van der Waals surface area contributed by atoms with Crippen molar-refractivity contribution in [1.29, 1.82) is 0 Å². The smallest absolute Gasteiger partial charge is 0.307 e. The van der Waals surface area contributed by atoms with Gasteiger partial charge in [-0.1, -0.05) is 47.5 Å². The van der Waals surface area contributed by atoms with Crippen LogP contribution in [0.15, 0.2) is 52.9 Å². The maximum absolute atomic E-state index is 11.4. The lowest BCUT2D eigenvalue weighted by Crippen LogP contribution is -2.41. The van der Waals surface area contributed by atoms with E-state index in [0.717, 1.165) is 71.0 Å². The van der Waals surface area contributed by atoms with Gasteiger partial charge >= 0.3 is 5.97 Å². The van der Waals surface area contributed by atoms with Crippen LogP contribution in [0.25, 0.3) is 33.7 Å². The van der Waals surface area contributed by atoms with Crippen molar-refractivity contribution in [1.82, 2.24) is 15.2 Å². The molecular formula is C32H34Cl2N4O3. The van der Waals surface area contributed by atoms with Gasteiger partial charge in [-0.15, -0.1) is 0 Å². The van der Waals surface area contributed by atoms with Gasteiger partial charge in [-0.25, -0.2) is 4.98 Å². The summed E-state index contributed by atoms with van der Waals surface area (Å²) in [6.07, 6.45) is 2.85. The predicted molar refractivity (Wildman–Crippen MR) is 165 cm³/mol. The highest BCUT2D eigenvalue weighted by Crippen LogP contribution is 2.41. The Morgan fingerprint density at radius 2 is 1.78 bits per heavy atom. The van der Waals surface area contributed by atoms with Gasteiger partial charge in [-0.3, -0.25) is 9.69 Å². The van der Waals surface area contributed by atoms with Crippen LogP contribution in [0.5, 0.6) is 0 Å². The molecule has 1 aromatic heterocycles. The monoisotopic (exact) mass is 592 g/mol. The Morgan fingerprint density at radius 3 is 2.51 bits per heavy atom. The zero-order chi connectivity index (χ0) is 28.7. The van der Waals surface area contributed by atoms with Crippen molar-refractivity contribution in [3.05, 3.63) is 69.7 Å². The summed E-state index contributed by atoms with van der Waals surface area (Å²) in [5, 5.41) is 14.0. The van der Waals surface area contributed by atoms with Gasteiger partial charge in [0, 0.05) is 43.3 Å².